The van der Waals surface area contributed by atoms with E-state index in [1.807, 2.05) is 30.5 Å². The Hall–Kier alpha value is -3.28. The number of carbonyl (C=O) groups is 1. The van der Waals surface area contributed by atoms with Gasteiger partial charge in [-0.3, -0.25) is 9.78 Å². The topological polar surface area (TPSA) is 71.0 Å². The lowest BCUT2D eigenvalue weighted by Gasteiger charge is -2.39. The Bertz CT molecular complexity index is 862. The van der Waals surface area contributed by atoms with Gasteiger partial charge in [0.2, 0.25) is 5.91 Å². The second-order valence-electron chi connectivity index (χ2n) is 6.37. The first-order valence-electron chi connectivity index (χ1n) is 8.58. The van der Waals surface area contributed by atoms with E-state index in [1.165, 1.54) is 11.1 Å². The lowest BCUT2D eigenvalue weighted by Crippen LogP contribution is -2.52. The van der Waals surface area contributed by atoms with Crippen LogP contribution < -0.4 is 10.2 Å². The van der Waals surface area contributed by atoms with Crippen molar-refractivity contribution in [3.8, 4) is 0 Å². The molecule has 4 rings (SSSR count). The van der Waals surface area contributed by atoms with Gasteiger partial charge in [-0.25, -0.2) is 9.97 Å². The summed E-state index contributed by atoms with van der Waals surface area (Å²) in [6.45, 7) is 1.33. The van der Waals surface area contributed by atoms with Crippen molar-refractivity contribution in [1.82, 2.24) is 15.0 Å². The van der Waals surface area contributed by atoms with Crippen LogP contribution >= 0.6 is 0 Å². The molecule has 1 fully saturated rings. The summed E-state index contributed by atoms with van der Waals surface area (Å²) in [6, 6.07) is 14.5. The van der Waals surface area contributed by atoms with Gasteiger partial charge >= 0.3 is 0 Å². The van der Waals surface area contributed by atoms with Crippen LogP contribution in [0.2, 0.25) is 0 Å². The third-order valence-corrected chi connectivity index (χ3v) is 4.45. The van der Waals surface area contributed by atoms with Crippen LogP contribution in [0.1, 0.15) is 11.1 Å². The molecule has 0 aliphatic carbocycles. The molecule has 1 aliphatic rings. The summed E-state index contributed by atoms with van der Waals surface area (Å²) in [6.07, 6.45) is 7.46. The van der Waals surface area contributed by atoms with Gasteiger partial charge in [-0.15, -0.1) is 0 Å². The van der Waals surface area contributed by atoms with E-state index < -0.39 is 0 Å². The molecule has 26 heavy (non-hydrogen) atoms. The van der Waals surface area contributed by atoms with E-state index in [0.717, 1.165) is 12.2 Å². The minimum atomic E-state index is -0.0530. The van der Waals surface area contributed by atoms with Gasteiger partial charge in [-0.1, -0.05) is 36.4 Å². The molecule has 3 heterocycles. The van der Waals surface area contributed by atoms with Gasteiger partial charge in [0.15, 0.2) is 5.82 Å². The predicted octanol–water partition coefficient (Wildman–Crippen LogP) is 2.54. The standard InChI is InChI=1S/C20H19N5O/c26-20(24-18-12-21-8-9-22-18)17-13-25(14-17)19-7-6-16(11-23-19)10-15-4-2-1-3-5-15/h1-9,11-12,17H,10,13-14H2,(H,22,24,26). The summed E-state index contributed by atoms with van der Waals surface area (Å²) in [5.74, 6) is 1.31. The Labute approximate surface area is 151 Å². The Morgan fingerprint density at radius 3 is 2.54 bits per heavy atom. The van der Waals surface area contributed by atoms with Gasteiger partial charge in [0.1, 0.15) is 5.82 Å². The summed E-state index contributed by atoms with van der Waals surface area (Å²) < 4.78 is 0. The number of carbonyl (C=O) groups excluding carboxylic acids is 1. The van der Waals surface area contributed by atoms with Gasteiger partial charge < -0.3 is 10.2 Å². The van der Waals surface area contributed by atoms with Crippen molar-refractivity contribution < 1.29 is 4.79 Å². The molecule has 1 saturated heterocycles. The van der Waals surface area contributed by atoms with Gasteiger partial charge in [0.05, 0.1) is 12.1 Å². The predicted molar refractivity (Wildman–Crippen MR) is 99.8 cm³/mol. The number of amides is 1. The highest BCUT2D eigenvalue weighted by Crippen LogP contribution is 2.24. The van der Waals surface area contributed by atoms with E-state index in [4.69, 9.17) is 0 Å². The number of nitrogens with zero attached hydrogens (tertiary/aromatic N) is 4. The van der Waals surface area contributed by atoms with E-state index >= 15 is 0 Å². The van der Waals surface area contributed by atoms with E-state index in [0.29, 0.717) is 18.9 Å². The molecular formula is C20H19N5O. The second kappa shape index (κ2) is 7.31. The molecule has 0 radical (unpaired) electrons. The second-order valence-corrected chi connectivity index (χ2v) is 6.37. The summed E-state index contributed by atoms with van der Waals surface area (Å²) >= 11 is 0. The Balaban J connectivity index is 1.30. The molecule has 0 bridgehead atoms. The molecule has 6 nitrogen and oxygen atoms in total. The highest BCUT2D eigenvalue weighted by Gasteiger charge is 2.33. The Morgan fingerprint density at radius 1 is 1.00 bits per heavy atom. The molecule has 1 aliphatic heterocycles. The SMILES string of the molecule is O=C(Nc1cnccn1)C1CN(c2ccc(Cc3ccccc3)cn2)C1. The van der Waals surface area contributed by atoms with Gasteiger partial charge in [-0.05, 0) is 23.6 Å². The molecule has 1 aromatic carbocycles. The fourth-order valence-corrected chi connectivity index (χ4v) is 2.96. The smallest absolute Gasteiger partial charge is 0.232 e. The number of benzene rings is 1. The fraction of sp³-hybridized carbons (Fsp3) is 0.200. The van der Waals surface area contributed by atoms with E-state index in [1.54, 1.807) is 18.6 Å². The molecule has 2 aromatic heterocycles. The number of hydrogen-bond donors (Lipinski definition) is 1. The van der Waals surface area contributed by atoms with Crippen LogP contribution in [0.4, 0.5) is 11.6 Å². The average Bonchev–Trinajstić information content (AvgIpc) is 2.64. The third kappa shape index (κ3) is 3.69. The quantitative estimate of drug-likeness (QED) is 0.769. The van der Waals surface area contributed by atoms with Gasteiger partial charge in [-0.2, -0.15) is 0 Å². The summed E-state index contributed by atoms with van der Waals surface area (Å²) in [5.41, 5.74) is 2.45. The van der Waals surface area contributed by atoms with Crippen LogP contribution in [0.3, 0.4) is 0 Å². The van der Waals surface area contributed by atoms with E-state index in [-0.39, 0.29) is 11.8 Å². The zero-order chi connectivity index (χ0) is 17.8. The first-order valence-corrected chi connectivity index (χ1v) is 8.58. The number of nitrogens with one attached hydrogen (secondary N) is 1. The molecule has 3 aromatic rings. The molecule has 1 N–H and O–H groups in total. The van der Waals surface area contributed by atoms with Crippen molar-refractivity contribution in [2.45, 2.75) is 6.42 Å². The number of pyridine rings is 1. The zero-order valence-corrected chi connectivity index (χ0v) is 14.2. The first-order chi connectivity index (χ1) is 12.8. The van der Waals surface area contributed by atoms with Crippen LogP contribution in [0.15, 0.2) is 67.3 Å². The maximum atomic E-state index is 12.2. The maximum Gasteiger partial charge on any atom is 0.232 e. The van der Waals surface area contributed by atoms with Crippen molar-refractivity contribution >= 4 is 17.5 Å². The summed E-state index contributed by atoms with van der Waals surface area (Å²) in [5, 5.41) is 2.79. The Kier molecular flexibility index (Phi) is 4.55. The lowest BCUT2D eigenvalue weighted by molar-refractivity contribution is -0.120. The van der Waals surface area contributed by atoms with Crippen LogP contribution in [0, 0.1) is 5.92 Å². The number of anilines is 2. The molecule has 0 saturated carbocycles. The van der Waals surface area contributed by atoms with Gasteiger partial charge in [0, 0.05) is 31.7 Å². The summed E-state index contributed by atoms with van der Waals surface area (Å²) in [4.78, 5) is 26.9. The molecule has 0 atom stereocenters. The number of rotatable bonds is 5. The van der Waals surface area contributed by atoms with Crippen molar-refractivity contribution in [2.24, 2.45) is 5.92 Å². The summed E-state index contributed by atoms with van der Waals surface area (Å²) in [7, 11) is 0. The minimum absolute atomic E-state index is 0.0255. The van der Waals surface area contributed by atoms with Crippen LogP contribution in [0.5, 0.6) is 0 Å². The van der Waals surface area contributed by atoms with Crippen LogP contribution in [-0.2, 0) is 11.2 Å². The highest BCUT2D eigenvalue weighted by molar-refractivity contribution is 5.93. The first kappa shape index (κ1) is 16.2. The molecule has 0 unspecified atom stereocenters. The minimum Gasteiger partial charge on any atom is -0.355 e. The monoisotopic (exact) mass is 345 g/mol. The molecule has 6 heteroatoms. The molecular weight excluding hydrogens is 326 g/mol. The zero-order valence-electron chi connectivity index (χ0n) is 14.2. The molecule has 0 spiro atoms. The highest BCUT2D eigenvalue weighted by atomic mass is 16.2. The van der Waals surface area contributed by atoms with Gasteiger partial charge in [0.25, 0.3) is 0 Å². The van der Waals surface area contributed by atoms with Crippen molar-refractivity contribution in [2.75, 3.05) is 23.3 Å². The van der Waals surface area contributed by atoms with Crippen LogP contribution in [-0.4, -0.2) is 33.9 Å². The Morgan fingerprint density at radius 2 is 1.85 bits per heavy atom. The number of aromatic nitrogens is 3. The lowest BCUT2D eigenvalue weighted by atomic mass is 9.99. The maximum absolute atomic E-state index is 12.2. The number of hydrogen-bond acceptors (Lipinski definition) is 5. The van der Waals surface area contributed by atoms with Crippen LogP contribution in [0.25, 0.3) is 0 Å². The third-order valence-electron chi connectivity index (χ3n) is 4.45. The average molecular weight is 345 g/mol. The molecule has 1 amide bonds. The van der Waals surface area contributed by atoms with Crippen molar-refractivity contribution in [1.29, 1.82) is 0 Å². The largest absolute Gasteiger partial charge is 0.355 e. The van der Waals surface area contributed by atoms with E-state index in [2.05, 4.69) is 43.4 Å². The van der Waals surface area contributed by atoms with Crippen molar-refractivity contribution in [3.63, 3.8) is 0 Å². The van der Waals surface area contributed by atoms with E-state index in [9.17, 15) is 4.79 Å². The van der Waals surface area contributed by atoms with Crippen molar-refractivity contribution in [3.05, 3.63) is 78.4 Å². The molecule has 130 valence electrons. The fourth-order valence-electron chi connectivity index (χ4n) is 2.96. The normalized spacial score (nSPS) is 13.9.